The lowest BCUT2D eigenvalue weighted by atomic mass is 10.1. The number of benzene rings is 1. The molecule has 1 fully saturated rings. The summed E-state index contributed by atoms with van der Waals surface area (Å²) in [5, 5.41) is 4.50. The molecule has 1 atom stereocenters. The van der Waals surface area contributed by atoms with Gasteiger partial charge in [-0.25, -0.2) is 9.98 Å². The van der Waals surface area contributed by atoms with Crippen LogP contribution in [0, 0.1) is 5.92 Å². The summed E-state index contributed by atoms with van der Waals surface area (Å²) >= 11 is 1.14. The van der Waals surface area contributed by atoms with Gasteiger partial charge in [-0.1, -0.05) is 12.1 Å². The van der Waals surface area contributed by atoms with E-state index in [0.717, 1.165) is 23.5 Å². The van der Waals surface area contributed by atoms with Gasteiger partial charge < -0.3 is 15.1 Å². The quantitative estimate of drug-likeness (QED) is 0.650. The van der Waals surface area contributed by atoms with Gasteiger partial charge in [0.2, 0.25) is 11.8 Å². The molecule has 0 bridgehead atoms. The summed E-state index contributed by atoms with van der Waals surface area (Å²) in [4.78, 5) is 47.9. The molecule has 2 aliphatic rings. The van der Waals surface area contributed by atoms with Gasteiger partial charge in [-0.3, -0.25) is 14.4 Å². The van der Waals surface area contributed by atoms with Crippen LogP contribution in [0.2, 0.25) is 0 Å². The Kier molecular flexibility index (Phi) is 6.77. The molecular weight excluding hydrogens is 471 g/mol. The summed E-state index contributed by atoms with van der Waals surface area (Å²) in [5.41, 5.74) is 0.250. The normalized spacial score (nSPS) is 18.3. The van der Waals surface area contributed by atoms with Crippen LogP contribution >= 0.6 is 11.3 Å². The lowest BCUT2D eigenvalue weighted by Crippen LogP contribution is -2.49. The average Bonchev–Trinajstić information content (AvgIpc) is 3.25. The summed E-state index contributed by atoms with van der Waals surface area (Å²) in [7, 11) is 0. The van der Waals surface area contributed by atoms with Gasteiger partial charge in [0.1, 0.15) is 5.92 Å². The van der Waals surface area contributed by atoms with Gasteiger partial charge in [0.25, 0.3) is 5.91 Å². The molecule has 3 heterocycles. The van der Waals surface area contributed by atoms with Crippen molar-refractivity contribution < 1.29 is 27.6 Å². The molecule has 8 nitrogen and oxygen atoms in total. The van der Waals surface area contributed by atoms with Gasteiger partial charge in [0.05, 0.1) is 17.7 Å². The minimum atomic E-state index is -4.41. The number of thiazole rings is 1. The maximum absolute atomic E-state index is 13.0. The number of alkyl halides is 3. The third kappa shape index (κ3) is 5.50. The first kappa shape index (κ1) is 23.6. The van der Waals surface area contributed by atoms with E-state index in [1.54, 1.807) is 16.3 Å². The number of carbonyl (C=O) groups is 3. The number of nitrogens with one attached hydrogen (secondary N) is 1. The van der Waals surface area contributed by atoms with E-state index in [2.05, 4.69) is 15.3 Å². The zero-order valence-corrected chi connectivity index (χ0v) is 18.6. The van der Waals surface area contributed by atoms with E-state index in [4.69, 9.17) is 0 Å². The largest absolute Gasteiger partial charge is 0.416 e. The zero-order chi connectivity index (χ0) is 24.3. The second-order valence-corrected chi connectivity index (χ2v) is 8.56. The van der Waals surface area contributed by atoms with Crippen LogP contribution in [-0.2, 0) is 27.0 Å². The lowest BCUT2D eigenvalue weighted by molar-refractivity contribution is -0.137. The second-order valence-electron chi connectivity index (χ2n) is 7.70. The number of rotatable bonds is 5. The number of amides is 3. The van der Waals surface area contributed by atoms with E-state index < -0.39 is 29.5 Å². The number of allylic oxidation sites excluding steroid dienone is 1. The number of aromatic nitrogens is 1. The van der Waals surface area contributed by atoms with Crippen LogP contribution in [0.15, 0.2) is 46.8 Å². The fourth-order valence-electron chi connectivity index (χ4n) is 3.63. The van der Waals surface area contributed by atoms with Gasteiger partial charge in [0, 0.05) is 43.5 Å². The van der Waals surface area contributed by atoms with E-state index in [9.17, 15) is 27.6 Å². The van der Waals surface area contributed by atoms with Gasteiger partial charge in [-0.2, -0.15) is 13.2 Å². The Morgan fingerprint density at radius 2 is 1.94 bits per heavy atom. The number of hydrogen-bond donors (Lipinski definition) is 1. The van der Waals surface area contributed by atoms with Crippen LogP contribution in [0.4, 0.5) is 24.0 Å². The summed E-state index contributed by atoms with van der Waals surface area (Å²) < 4.78 is 38.9. The van der Waals surface area contributed by atoms with E-state index in [0.29, 0.717) is 37.6 Å². The summed E-state index contributed by atoms with van der Waals surface area (Å²) in [6, 6.07) is 5.15. The maximum atomic E-state index is 13.0. The van der Waals surface area contributed by atoms with Crippen LogP contribution in [0.3, 0.4) is 0 Å². The van der Waals surface area contributed by atoms with Gasteiger partial charge in [-0.15, -0.1) is 11.3 Å². The van der Waals surface area contributed by atoms with Crippen LogP contribution < -0.4 is 10.2 Å². The summed E-state index contributed by atoms with van der Waals surface area (Å²) in [5.74, 6) is -2.27. The summed E-state index contributed by atoms with van der Waals surface area (Å²) in [6.07, 6.45) is -0.0938. The first-order valence-electron chi connectivity index (χ1n) is 10.4. The van der Waals surface area contributed by atoms with Crippen molar-refractivity contribution in [1.29, 1.82) is 0 Å². The third-order valence-corrected chi connectivity index (χ3v) is 6.23. The fraction of sp³-hybridized carbons (Fsp3) is 0.318. The van der Waals surface area contributed by atoms with Crippen LogP contribution in [0.25, 0.3) is 0 Å². The van der Waals surface area contributed by atoms with E-state index in [1.165, 1.54) is 24.4 Å². The lowest BCUT2D eigenvalue weighted by Gasteiger charge is -2.36. The predicted molar refractivity (Wildman–Crippen MR) is 121 cm³/mol. The Labute approximate surface area is 196 Å². The van der Waals surface area contributed by atoms with Crippen molar-refractivity contribution in [2.45, 2.75) is 12.6 Å². The van der Waals surface area contributed by atoms with E-state index in [1.807, 2.05) is 4.90 Å². The monoisotopic (exact) mass is 491 g/mol. The highest BCUT2D eigenvalue weighted by molar-refractivity contribution is 7.14. The first-order valence-corrected chi connectivity index (χ1v) is 11.3. The van der Waals surface area contributed by atoms with Crippen molar-refractivity contribution >= 4 is 46.1 Å². The number of halogens is 3. The van der Waals surface area contributed by atoms with Crippen LogP contribution in [-0.4, -0.2) is 60.0 Å². The van der Waals surface area contributed by atoms with Crippen LogP contribution in [0.5, 0.6) is 0 Å². The van der Waals surface area contributed by atoms with Crippen molar-refractivity contribution in [2.24, 2.45) is 10.9 Å². The van der Waals surface area contributed by atoms with Crippen molar-refractivity contribution in [3.63, 3.8) is 0 Å². The molecule has 0 spiro atoms. The molecule has 1 N–H and O–H groups in total. The van der Waals surface area contributed by atoms with Gasteiger partial charge in [0.15, 0.2) is 5.13 Å². The van der Waals surface area contributed by atoms with Gasteiger partial charge in [-0.05, 0) is 24.3 Å². The minimum absolute atomic E-state index is 0.0302. The molecule has 12 heteroatoms. The first-order chi connectivity index (χ1) is 16.2. The molecule has 1 unspecified atom stereocenters. The number of aliphatic imine (C=N–C) groups is 1. The zero-order valence-electron chi connectivity index (χ0n) is 17.8. The highest BCUT2D eigenvalue weighted by Gasteiger charge is 2.31. The topological polar surface area (TPSA) is 95.0 Å². The molecule has 0 saturated carbocycles. The number of nitrogens with zero attached hydrogens (tertiary/aromatic N) is 4. The molecule has 2 aromatic rings. The Hall–Kier alpha value is -3.54. The highest BCUT2D eigenvalue weighted by atomic mass is 32.1. The number of hydrogen-bond acceptors (Lipinski definition) is 6. The molecule has 1 saturated heterocycles. The molecule has 0 radical (unpaired) electrons. The summed E-state index contributed by atoms with van der Waals surface area (Å²) in [6.45, 7) is 1.58. The molecule has 4 rings (SSSR count). The number of anilines is 2. The fourth-order valence-corrected chi connectivity index (χ4v) is 4.34. The smallest absolute Gasteiger partial charge is 0.368 e. The van der Waals surface area contributed by atoms with Crippen molar-refractivity contribution in [1.82, 2.24) is 9.88 Å². The molecule has 0 aliphatic carbocycles. The van der Waals surface area contributed by atoms with Crippen molar-refractivity contribution in [3.8, 4) is 0 Å². The van der Waals surface area contributed by atoms with E-state index >= 15 is 0 Å². The second kappa shape index (κ2) is 9.75. The molecule has 178 valence electrons. The molecule has 34 heavy (non-hydrogen) atoms. The van der Waals surface area contributed by atoms with E-state index in [-0.39, 0.29) is 17.5 Å². The Bertz CT molecular complexity index is 1150. The average molecular weight is 491 g/mol. The predicted octanol–water partition coefficient (Wildman–Crippen LogP) is 2.78. The number of carbonyl (C=O) groups excluding carboxylic acids is 3. The Balaban J connectivity index is 1.29. The number of piperazine rings is 1. The SMILES string of the molecule is O=C1N=CC=CC1C(=O)Nc1nc(CC(=O)N2CCN(c3cccc(C(F)(F)F)c3)CC2)cs1. The molecule has 2 aliphatic heterocycles. The standard InChI is InChI=1S/C22H20F3N5O3S/c23-22(24,25)14-3-1-4-16(11-14)29-7-9-30(10-8-29)18(31)12-15-13-34-21(27-15)28-20(33)17-5-2-6-26-19(17)32/h1-6,11,13,17H,7-10,12H2,(H,27,28,33). The van der Waals surface area contributed by atoms with Crippen molar-refractivity contribution in [2.75, 3.05) is 36.4 Å². The Morgan fingerprint density at radius 3 is 2.65 bits per heavy atom. The molecule has 1 aromatic carbocycles. The number of dihydropyridines is 1. The van der Waals surface area contributed by atoms with Crippen molar-refractivity contribution in [3.05, 3.63) is 53.1 Å². The third-order valence-electron chi connectivity index (χ3n) is 5.43. The minimum Gasteiger partial charge on any atom is -0.368 e. The van der Waals surface area contributed by atoms with Gasteiger partial charge >= 0.3 is 6.18 Å². The Morgan fingerprint density at radius 1 is 1.18 bits per heavy atom. The molecule has 1 aromatic heterocycles. The molecule has 3 amide bonds. The highest BCUT2D eigenvalue weighted by Crippen LogP contribution is 2.32. The molecular formula is C22H20F3N5O3S. The van der Waals surface area contributed by atoms with Crippen LogP contribution in [0.1, 0.15) is 11.3 Å². The maximum Gasteiger partial charge on any atom is 0.416 e.